The molecule has 1 nitrogen and oxygen atoms in total. The van der Waals surface area contributed by atoms with Crippen LogP contribution in [0.4, 0.5) is 4.39 Å². The van der Waals surface area contributed by atoms with Crippen molar-refractivity contribution in [3.63, 3.8) is 0 Å². The Labute approximate surface area is 159 Å². The quantitative estimate of drug-likeness (QED) is 0.523. The summed E-state index contributed by atoms with van der Waals surface area (Å²) in [5.41, 5.74) is 1.25. The monoisotopic (exact) mass is 355 g/mol. The average Bonchev–Trinajstić information content (AvgIpc) is 2.69. The Morgan fingerprint density at radius 2 is 1.50 bits per heavy atom. The molecule has 0 aliphatic heterocycles. The van der Waals surface area contributed by atoms with E-state index in [0.717, 1.165) is 23.3 Å². The number of hydrogen-bond donors (Lipinski definition) is 0. The summed E-state index contributed by atoms with van der Waals surface area (Å²) >= 11 is 0. The largest absolute Gasteiger partial charge is 0.206 e. The predicted octanol–water partition coefficient (Wildman–Crippen LogP) is 7.36. The number of halogens is 1. The lowest BCUT2D eigenvalue weighted by Crippen LogP contribution is -2.16. The first kappa shape index (κ1) is 19.4. The first-order valence-electron chi connectivity index (χ1n) is 10.9. The standard InChI is InChI=1S/C24H34FN/c1-2-18-6-8-19(9-7-18)4-3-5-20-10-12-21(13-11-20)22-14-15-23(17-26)24(25)16-22/h14-16,18-21H,2-13H2,1H3. The van der Waals surface area contributed by atoms with Crippen molar-refractivity contribution < 1.29 is 4.39 Å². The maximum atomic E-state index is 13.8. The van der Waals surface area contributed by atoms with Gasteiger partial charge in [0.1, 0.15) is 11.9 Å². The van der Waals surface area contributed by atoms with Gasteiger partial charge in [0.15, 0.2) is 0 Å². The molecule has 0 aromatic heterocycles. The van der Waals surface area contributed by atoms with Gasteiger partial charge in [-0.1, -0.05) is 64.4 Å². The van der Waals surface area contributed by atoms with Gasteiger partial charge in [0, 0.05) is 0 Å². The fraction of sp³-hybridized carbons (Fsp3) is 0.708. The van der Waals surface area contributed by atoms with Crippen LogP contribution in [0.2, 0.25) is 0 Å². The van der Waals surface area contributed by atoms with Gasteiger partial charge in [-0.3, -0.25) is 0 Å². The predicted molar refractivity (Wildman–Crippen MR) is 105 cm³/mol. The van der Waals surface area contributed by atoms with Crippen LogP contribution in [-0.4, -0.2) is 0 Å². The van der Waals surface area contributed by atoms with Crippen LogP contribution in [0.3, 0.4) is 0 Å². The van der Waals surface area contributed by atoms with Crippen molar-refractivity contribution in [1.29, 1.82) is 5.26 Å². The lowest BCUT2D eigenvalue weighted by atomic mass is 9.75. The molecule has 3 rings (SSSR count). The van der Waals surface area contributed by atoms with Crippen LogP contribution in [0.1, 0.15) is 101 Å². The molecule has 0 heterocycles. The Hall–Kier alpha value is -1.36. The molecule has 2 heteroatoms. The molecule has 0 radical (unpaired) electrons. The van der Waals surface area contributed by atoms with E-state index in [1.165, 1.54) is 77.0 Å². The zero-order valence-corrected chi connectivity index (χ0v) is 16.4. The normalized spacial score (nSPS) is 29.3. The van der Waals surface area contributed by atoms with Crippen molar-refractivity contribution in [2.24, 2.45) is 17.8 Å². The van der Waals surface area contributed by atoms with E-state index in [4.69, 9.17) is 5.26 Å². The summed E-state index contributed by atoms with van der Waals surface area (Å²) in [4.78, 5) is 0. The van der Waals surface area contributed by atoms with Gasteiger partial charge in [-0.2, -0.15) is 5.26 Å². The molecule has 2 aliphatic carbocycles. The number of rotatable bonds is 6. The second-order valence-corrected chi connectivity index (χ2v) is 8.79. The molecule has 1 aromatic carbocycles. The summed E-state index contributed by atoms with van der Waals surface area (Å²) in [5, 5.41) is 8.87. The van der Waals surface area contributed by atoms with Crippen molar-refractivity contribution in [3.05, 3.63) is 35.1 Å². The lowest BCUT2D eigenvalue weighted by molar-refractivity contribution is 0.241. The van der Waals surface area contributed by atoms with Gasteiger partial charge in [-0.25, -0.2) is 4.39 Å². The molecule has 0 N–H and O–H groups in total. The number of benzene rings is 1. The third-order valence-corrected chi connectivity index (χ3v) is 7.20. The van der Waals surface area contributed by atoms with Crippen molar-refractivity contribution >= 4 is 0 Å². The molecule has 0 atom stereocenters. The molecule has 2 saturated carbocycles. The number of hydrogen-bond acceptors (Lipinski definition) is 1. The number of nitriles is 1. The summed E-state index contributed by atoms with van der Waals surface area (Å²) in [5.74, 6) is 3.01. The molecule has 2 aliphatic rings. The molecule has 0 bridgehead atoms. The Morgan fingerprint density at radius 3 is 2.04 bits per heavy atom. The first-order valence-corrected chi connectivity index (χ1v) is 10.9. The van der Waals surface area contributed by atoms with Crippen molar-refractivity contribution in [2.75, 3.05) is 0 Å². The van der Waals surface area contributed by atoms with Crippen LogP contribution >= 0.6 is 0 Å². The fourth-order valence-corrected chi connectivity index (χ4v) is 5.28. The van der Waals surface area contributed by atoms with E-state index in [9.17, 15) is 4.39 Å². The van der Waals surface area contributed by atoms with Crippen LogP contribution < -0.4 is 0 Å². The van der Waals surface area contributed by atoms with E-state index in [1.807, 2.05) is 12.1 Å². The molecule has 2 fully saturated rings. The molecule has 1 aromatic rings. The fourth-order valence-electron chi connectivity index (χ4n) is 5.28. The minimum absolute atomic E-state index is 0.162. The Morgan fingerprint density at radius 1 is 0.923 bits per heavy atom. The maximum Gasteiger partial charge on any atom is 0.141 e. The van der Waals surface area contributed by atoms with Gasteiger partial charge in [0.25, 0.3) is 0 Å². The van der Waals surface area contributed by atoms with Crippen molar-refractivity contribution in [2.45, 2.75) is 89.9 Å². The summed E-state index contributed by atoms with van der Waals surface area (Å²) in [6.45, 7) is 2.34. The molecule has 0 saturated heterocycles. The van der Waals surface area contributed by atoms with Crippen LogP contribution in [0.5, 0.6) is 0 Å². The topological polar surface area (TPSA) is 23.8 Å². The molecule has 0 unspecified atom stereocenters. The molecular weight excluding hydrogens is 321 g/mol. The smallest absolute Gasteiger partial charge is 0.141 e. The van der Waals surface area contributed by atoms with Crippen LogP contribution in [-0.2, 0) is 0 Å². The van der Waals surface area contributed by atoms with E-state index in [1.54, 1.807) is 12.1 Å². The third-order valence-electron chi connectivity index (χ3n) is 7.20. The summed E-state index contributed by atoms with van der Waals surface area (Å²) < 4.78 is 13.8. The Bertz CT molecular complexity index is 601. The Balaban J connectivity index is 1.36. The van der Waals surface area contributed by atoms with Crippen LogP contribution in [0.15, 0.2) is 18.2 Å². The molecular formula is C24H34FN. The highest BCUT2D eigenvalue weighted by atomic mass is 19.1. The Kier molecular flexibility index (Phi) is 7.12. The maximum absolute atomic E-state index is 13.8. The minimum Gasteiger partial charge on any atom is -0.206 e. The SMILES string of the molecule is CCC1CCC(CCCC2CCC(c3ccc(C#N)c(F)c3)CC2)CC1. The summed E-state index contributed by atoms with van der Waals surface area (Å²) in [7, 11) is 0. The lowest BCUT2D eigenvalue weighted by Gasteiger charge is -2.30. The van der Waals surface area contributed by atoms with E-state index < -0.39 is 0 Å². The van der Waals surface area contributed by atoms with Gasteiger partial charge in [-0.05, 0) is 67.1 Å². The van der Waals surface area contributed by atoms with Crippen molar-refractivity contribution in [3.8, 4) is 6.07 Å². The number of nitrogens with zero attached hydrogens (tertiary/aromatic N) is 1. The van der Waals surface area contributed by atoms with Gasteiger partial charge >= 0.3 is 0 Å². The van der Waals surface area contributed by atoms with Crippen molar-refractivity contribution in [1.82, 2.24) is 0 Å². The van der Waals surface area contributed by atoms with E-state index in [2.05, 4.69) is 6.92 Å². The van der Waals surface area contributed by atoms with E-state index in [0.29, 0.717) is 5.92 Å². The van der Waals surface area contributed by atoms with Gasteiger partial charge in [0.2, 0.25) is 0 Å². The van der Waals surface area contributed by atoms with E-state index in [-0.39, 0.29) is 11.4 Å². The highest BCUT2D eigenvalue weighted by molar-refractivity contribution is 5.34. The molecule has 26 heavy (non-hydrogen) atoms. The first-order chi connectivity index (χ1) is 12.7. The highest BCUT2D eigenvalue weighted by Gasteiger charge is 2.24. The summed E-state index contributed by atoms with van der Waals surface area (Å²) in [6, 6.07) is 7.11. The molecule has 0 spiro atoms. The van der Waals surface area contributed by atoms with Gasteiger partial charge in [-0.15, -0.1) is 0 Å². The second kappa shape index (κ2) is 9.54. The van der Waals surface area contributed by atoms with Crippen LogP contribution in [0, 0.1) is 34.9 Å². The van der Waals surface area contributed by atoms with Crippen LogP contribution in [0.25, 0.3) is 0 Å². The van der Waals surface area contributed by atoms with E-state index >= 15 is 0 Å². The zero-order valence-electron chi connectivity index (χ0n) is 16.4. The van der Waals surface area contributed by atoms with Gasteiger partial charge in [0.05, 0.1) is 5.56 Å². The summed E-state index contributed by atoms with van der Waals surface area (Å²) in [6.07, 6.45) is 16.4. The second-order valence-electron chi connectivity index (χ2n) is 8.79. The van der Waals surface area contributed by atoms with Gasteiger partial charge < -0.3 is 0 Å². The zero-order chi connectivity index (χ0) is 18.4. The third kappa shape index (κ3) is 5.09. The average molecular weight is 356 g/mol. The highest BCUT2D eigenvalue weighted by Crippen LogP contribution is 2.39. The molecule has 142 valence electrons. The minimum atomic E-state index is -0.357. The molecule has 0 amide bonds.